The topological polar surface area (TPSA) is 27.3 Å². The van der Waals surface area contributed by atoms with Gasteiger partial charge in [-0.3, -0.25) is 4.90 Å². The van der Waals surface area contributed by atoms with E-state index < -0.39 is 0 Å². The third-order valence-electron chi connectivity index (χ3n) is 4.46. The van der Waals surface area contributed by atoms with Crippen LogP contribution in [0.15, 0.2) is 18.2 Å². The van der Waals surface area contributed by atoms with Crippen LogP contribution in [-0.2, 0) is 0 Å². The molecule has 2 atom stereocenters. The van der Waals surface area contributed by atoms with E-state index in [0.717, 1.165) is 12.2 Å². The molecule has 1 saturated heterocycles. The van der Waals surface area contributed by atoms with Gasteiger partial charge in [-0.05, 0) is 82.6 Å². The first-order valence-corrected chi connectivity index (χ1v) is 8.75. The third kappa shape index (κ3) is 4.96. The molecule has 1 heterocycles. The molecule has 0 radical (unpaired) electrons. The number of rotatable bonds is 4. The number of hydrogen-bond acceptors (Lipinski definition) is 2. The molecular formula is C18H29N3S. The molecule has 1 aromatic rings. The maximum Gasteiger partial charge on any atom is 0.170 e. The molecule has 0 unspecified atom stereocenters. The van der Waals surface area contributed by atoms with Crippen molar-refractivity contribution in [2.75, 3.05) is 18.4 Å². The lowest BCUT2D eigenvalue weighted by Gasteiger charge is -2.38. The molecule has 122 valence electrons. The second-order valence-corrected chi connectivity index (χ2v) is 7.05. The van der Waals surface area contributed by atoms with Crippen molar-refractivity contribution in [3.05, 3.63) is 29.3 Å². The van der Waals surface area contributed by atoms with Crippen LogP contribution in [0.5, 0.6) is 0 Å². The molecule has 1 fully saturated rings. The van der Waals surface area contributed by atoms with Crippen molar-refractivity contribution in [1.82, 2.24) is 10.2 Å². The van der Waals surface area contributed by atoms with Crippen molar-refractivity contribution < 1.29 is 0 Å². The van der Waals surface area contributed by atoms with Crippen LogP contribution in [0.4, 0.5) is 5.69 Å². The fraction of sp³-hybridized carbons (Fsp3) is 0.611. The predicted octanol–water partition coefficient (Wildman–Crippen LogP) is 3.85. The lowest BCUT2D eigenvalue weighted by molar-refractivity contribution is 0.116. The van der Waals surface area contributed by atoms with Crippen molar-refractivity contribution in [1.29, 1.82) is 0 Å². The van der Waals surface area contributed by atoms with E-state index in [4.69, 9.17) is 12.2 Å². The van der Waals surface area contributed by atoms with Gasteiger partial charge in [-0.2, -0.15) is 0 Å². The van der Waals surface area contributed by atoms with E-state index in [0.29, 0.717) is 17.2 Å². The monoisotopic (exact) mass is 319 g/mol. The molecular weight excluding hydrogens is 290 g/mol. The SMILES string of the molecule is Cc1cc(C)cc(NC(=S)NC[C@@H](C)N2CCCC[C@H]2C)c1. The number of nitrogens with zero attached hydrogens (tertiary/aromatic N) is 1. The summed E-state index contributed by atoms with van der Waals surface area (Å²) in [5, 5.41) is 7.37. The van der Waals surface area contributed by atoms with E-state index in [1.54, 1.807) is 0 Å². The fourth-order valence-corrected chi connectivity index (χ4v) is 3.56. The molecule has 0 saturated carbocycles. The Kier molecular flexibility index (Phi) is 6.21. The normalized spacial score (nSPS) is 20.5. The summed E-state index contributed by atoms with van der Waals surface area (Å²) in [6.07, 6.45) is 4.00. The number of hydrogen-bond donors (Lipinski definition) is 2. The van der Waals surface area contributed by atoms with Crippen molar-refractivity contribution in [3.8, 4) is 0 Å². The van der Waals surface area contributed by atoms with Crippen LogP contribution in [0.25, 0.3) is 0 Å². The molecule has 2 N–H and O–H groups in total. The van der Waals surface area contributed by atoms with Gasteiger partial charge in [0.05, 0.1) is 0 Å². The number of benzene rings is 1. The highest BCUT2D eigenvalue weighted by atomic mass is 32.1. The number of likely N-dealkylation sites (tertiary alicyclic amines) is 1. The standard InChI is InChI=1S/C18H29N3S/c1-13-9-14(2)11-17(10-13)20-18(22)19-12-16(4)21-8-6-5-7-15(21)3/h9-11,15-16H,5-8,12H2,1-4H3,(H2,19,20,22)/t15-,16-/m1/s1. The predicted molar refractivity (Wildman–Crippen MR) is 99.6 cm³/mol. The summed E-state index contributed by atoms with van der Waals surface area (Å²) in [6, 6.07) is 7.61. The zero-order valence-electron chi connectivity index (χ0n) is 14.3. The van der Waals surface area contributed by atoms with Crippen molar-refractivity contribution in [2.45, 2.75) is 59.0 Å². The number of aryl methyl sites for hydroxylation is 2. The van der Waals surface area contributed by atoms with Crippen molar-refractivity contribution in [2.24, 2.45) is 0 Å². The maximum absolute atomic E-state index is 5.43. The Hall–Kier alpha value is -1.13. The van der Waals surface area contributed by atoms with E-state index >= 15 is 0 Å². The largest absolute Gasteiger partial charge is 0.361 e. The molecule has 0 amide bonds. The van der Waals surface area contributed by atoms with Crippen LogP contribution in [-0.4, -0.2) is 35.2 Å². The van der Waals surface area contributed by atoms with Crippen molar-refractivity contribution in [3.63, 3.8) is 0 Å². The van der Waals surface area contributed by atoms with Crippen LogP contribution in [0.1, 0.15) is 44.2 Å². The number of piperidine rings is 1. The summed E-state index contributed by atoms with van der Waals surface area (Å²) in [7, 11) is 0. The minimum Gasteiger partial charge on any atom is -0.361 e. The van der Waals surface area contributed by atoms with E-state index in [1.165, 1.54) is 36.9 Å². The second-order valence-electron chi connectivity index (χ2n) is 6.64. The Morgan fingerprint density at radius 3 is 2.59 bits per heavy atom. The molecule has 4 heteroatoms. The van der Waals surface area contributed by atoms with Gasteiger partial charge >= 0.3 is 0 Å². The van der Waals surface area contributed by atoms with Gasteiger partial charge in [-0.1, -0.05) is 12.5 Å². The number of anilines is 1. The first-order valence-electron chi connectivity index (χ1n) is 8.34. The van der Waals surface area contributed by atoms with E-state index in [1.807, 2.05) is 0 Å². The molecule has 22 heavy (non-hydrogen) atoms. The van der Waals surface area contributed by atoms with Crippen LogP contribution < -0.4 is 10.6 Å². The van der Waals surface area contributed by atoms with Gasteiger partial charge in [-0.25, -0.2) is 0 Å². The molecule has 0 spiro atoms. The zero-order valence-corrected chi connectivity index (χ0v) is 15.1. The summed E-state index contributed by atoms with van der Waals surface area (Å²) < 4.78 is 0. The Morgan fingerprint density at radius 2 is 1.95 bits per heavy atom. The van der Waals surface area contributed by atoms with Gasteiger partial charge in [0, 0.05) is 24.3 Å². The van der Waals surface area contributed by atoms with Crippen LogP contribution in [0, 0.1) is 13.8 Å². The van der Waals surface area contributed by atoms with Gasteiger partial charge in [0.25, 0.3) is 0 Å². The third-order valence-corrected chi connectivity index (χ3v) is 4.70. The van der Waals surface area contributed by atoms with Gasteiger partial charge in [-0.15, -0.1) is 0 Å². The summed E-state index contributed by atoms with van der Waals surface area (Å²) in [5.41, 5.74) is 3.57. The second kappa shape index (κ2) is 7.93. The molecule has 1 aromatic carbocycles. The van der Waals surface area contributed by atoms with Gasteiger partial charge < -0.3 is 10.6 Å². The lowest BCUT2D eigenvalue weighted by Crippen LogP contribution is -2.49. The van der Waals surface area contributed by atoms with Gasteiger partial charge in [0.15, 0.2) is 5.11 Å². The zero-order chi connectivity index (χ0) is 16.1. The summed E-state index contributed by atoms with van der Waals surface area (Å²) in [4.78, 5) is 2.59. The number of nitrogens with one attached hydrogen (secondary N) is 2. The Morgan fingerprint density at radius 1 is 1.27 bits per heavy atom. The van der Waals surface area contributed by atoms with E-state index in [9.17, 15) is 0 Å². The highest BCUT2D eigenvalue weighted by Crippen LogP contribution is 2.18. The fourth-order valence-electron chi connectivity index (χ4n) is 3.35. The van der Waals surface area contributed by atoms with Crippen LogP contribution >= 0.6 is 12.2 Å². The average Bonchev–Trinajstić information content (AvgIpc) is 2.44. The quantitative estimate of drug-likeness (QED) is 0.824. The summed E-state index contributed by atoms with van der Waals surface area (Å²) >= 11 is 5.43. The highest BCUT2D eigenvalue weighted by Gasteiger charge is 2.22. The van der Waals surface area contributed by atoms with Crippen LogP contribution in [0.3, 0.4) is 0 Å². The first kappa shape index (κ1) is 17.2. The number of thiocarbonyl (C=S) groups is 1. The molecule has 2 rings (SSSR count). The molecule has 1 aliphatic rings. The van der Waals surface area contributed by atoms with Crippen molar-refractivity contribution >= 4 is 23.0 Å². The van der Waals surface area contributed by atoms with Gasteiger partial charge in [0.2, 0.25) is 0 Å². The lowest BCUT2D eigenvalue weighted by atomic mass is 10.0. The summed E-state index contributed by atoms with van der Waals surface area (Å²) in [6.45, 7) is 10.9. The Balaban J connectivity index is 1.81. The van der Waals surface area contributed by atoms with E-state index in [2.05, 4.69) is 61.4 Å². The molecule has 1 aliphatic heterocycles. The average molecular weight is 320 g/mol. The Bertz CT molecular complexity index is 495. The van der Waals surface area contributed by atoms with Gasteiger partial charge in [0.1, 0.15) is 0 Å². The molecule has 3 nitrogen and oxygen atoms in total. The minimum atomic E-state index is 0.509. The molecule has 0 aliphatic carbocycles. The smallest absolute Gasteiger partial charge is 0.170 e. The first-order chi connectivity index (χ1) is 10.5. The minimum absolute atomic E-state index is 0.509. The summed E-state index contributed by atoms with van der Waals surface area (Å²) in [5.74, 6) is 0. The van der Waals surface area contributed by atoms with Crippen LogP contribution in [0.2, 0.25) is 0 Å². The maximum atomic E-state index is 5.43. The highest BCUT2D eigenvalue weighted by molar-refractivity contribution is 7.80. The molecule has 0 aromatic heterocycles. The Labute approximate surface area is 140 Å². The van der Waals surface area contributed by atoms with E-state index in [-0.39, 0.29) is 0 Å². The molecule has 0 bridgehead atoms.